The number of ether oxygens (including phenoxy) is 1. The fraction of sp³-hybridized carbons (Fsp3) is 0.0435. The Morgan fingerprint density at radius 2 is 1.18 bits per heavy atom. The average molecular weight is 693 g/mol. The van der Waals surface area contributed by atoms with Crippen LogP contribution in [0, 0.1) is 5.92 Å². The maximum absolute atomic E-state index is 6.65. The van der Waals surface area contributed by atoms with Crippen LogP contribution in [0.3, 0.4) is 0 Å². The lowest BCUT2D eigenvalue weighted by Gasteiger charge is -2.29. The van der Waals surface area contributed by atoms with Crippen molar-refractivity contribution in [1.29, 1.82) is 0 Å². The van der Waals surface area contributed by atoms with Gasteiger partial charge in [0, 0.05) is 61.1 Å². The Hall–Kier alpha value is -5.75. The zero-order chi connectivity index (χ0) is 33.7. The molecule has 0 spiro atoms. The van der Waals surface area contributed by atoms with Crippen molar-refractivity contribution in [3.63, 3.8) is 0 Å². The fourth-order valence-electron chi connectivity index (χ4n) is 7.37. The largest absolute Gasteiger partial charge is 0.455 e. The summed E-state index contributed by atoms with van der Waals surface area (Å²) in [5.74, 6) is 2.21. The number of fused-ring (bicyclic) bond motifs is 6. The summed E-state index contributed by atoms with van der Waals surface area (Å²) >= 11 is 3.70. The molecule has 3 nitrogen and oxygen atoms in total. The second-order valence-electron chi connectivity index (χ2n) is 13.0. The number of para-hydroxylation sites is 3. The van der Waals surface area contributed by atoms with Gasteiger partial charge in [-0.2, -0.15) is 0 Å². The second-order valence-corrected chi connectivity index (χ2v) is 15.2. The summed E-state index contributed by atoms with van der Waals surface area (Å²) in [7, 11) is 0. The van der Waals surface area contributed by atoms with Crippen LogP contribution in [0.1, 0.15) is 10.4 Å². The van der Waals surface area contributed by atoms with E-state index in [0.717, 1.165) is 61.8 Å². The first-order valence-corrected chi connectivity index (χ1v) is 18.9. The molecule has 3 aliphatic rings. The molecule has 0 N–H and O–H groups in total. The third-order valence-corrected chi connectivity index (χ3v) is 12.1. The van der Waals surface area contributed by atoms with Gasteiger partial charge in [0.2, 0.25) is 0 Å². The van der Waals surface area contributed by atoms with Crippen LogP contribution in [0.25, 0.3) is 16.2 Å². The Labute approximate surface area is 306 Å². The Bertz CT molecular complexity index is 2480. The van der Waals surface area contributed by atoms with E-state index in [1.807, 2.05) is 11.3 Å². The molecule has 1 atom stereocenters. The molecule has 10 rings (SSSR count). The summed E-state index contributed by atoms with van der Waals surface area (Å²) in [6.07, 6.45) is 12.4. The van der Waals surface area contributed by atoms with Crippen LogP contribution in [-0.4, -0.2) is 0 Å². The molecule has 0 saturated carbocycles. The standard InChI is InChI=1S/C46H32N2OS2/c1-4-14-33(15-5-1)47(34-16-6-2-7-17-34)36-22-25-43-42(28-36)49-41-24-21-38(30-46(41)50-43)48(35-18-8-3-9-19-35)37-20-23-39-40-26-31-12-10-11-13-32(31)27-44(40)51-45(39)29-37/h1-26,28-30,32H,27H2. The highest BCUT2D eigenvalue weighted by Gasteiger charge is 2.25. The third-order valence-electron chi connectivity index (χ3n) is 9.79. The molecule has 6 aromatic carbocycles. The molecule has 0 saturated heterocycles. The highest BCUT2D eigenvalue weighted by atomic mass is 32.2. The zero-order valence-electron chi connectivity index (χ0n) is 27.6. The highest BCUT2D eigenvalue weighted by Crippen LogP contribution is 2.51. The van der Waals surface area contributed by atoms with Crippen LogP contribution in [0.5, 0.6) is 11.5 Å². The van der Waals surface area contributed by atoms with Crippen molar-refractivity contribution in [2.45, 2.75) is 16.2 Å². The topological polar surface area (TPSA) is 15.7 Å². The molecule has 51 heavy (non-hydrogen) atoms. The number of rotatable bonds is 6. The molecule has 2 heterocycles. The van der Waals surface area contributed by atoms with Crippen LogP contribution in [0.2, 0.25) is 0 Å². The van der Waals surface area contributed by atoms with Gasteiger partial charge < -0.3 is 14.5 Å². The van der Waals surface area contributed by atoms with Crippen molar-refractivity contribution in [3.8, 4) is 11.5 Å². The van der Waals surface area contributed by atoms with E-state index in [1.165, 1.54) is 26.1 Å². The van der Waals surface area contributed by atoms with Crippen molar-refractivity contribution in [1.82, 2.24) is 0 Å². The molecule has 0 bridgehead atoms. The molecule has 1 unspecified atom stereocenters. The van der Waals surface area contributed by atoms with Crippen LogP contribution >= 0.6 is 23.1 Å². The minimum absolute atomic E-state index is 0.481. The van der Waals surface area contributed by atoms with Crippen LogP contribution in [0.15, 0.2) is 185 Å². The normalized spacial score (nSPS) is 15.2. The van der Waals surface area contributed by atoms with Crippen molar-refractivity contribution in [3.05, 3.63) is 186 Å². The van der Waals surface area contributed by atoms with Crippen molar-refractivity contribution in [2.75, 3.05) is 9.80 Å². The van der Waals surface area contributed by atoms with E-state index in [2.05, 4.69) is 186 Å². The monoisotopic (exact) mass is 692 g/mol. The maximum Gasteiger partial charge on any atom is 0.143 e. The number of benzene rings is 6. The first kappa shape index (κ1) is 30.1. The predicted molar refractivity (Wildman–Crippen MR) is 215 cm³/mol. The molecule has 5 heteroatoms. The minimum Gasteiger partial charge on any atom is -0.455 e. The number of anilines is 6. The molecular formula is C46H32N2OS2. The molecule has 7 aromatic rings. The van der Waals surface area contributed by atoms with Crippen molar-refractivity contribution >= 4 is 73.4 Å². The summed E-state index contributed by atoms with van der Waals surface area (Å²) < 4.78 is 7.97. The summed E-state index contributed by atoms with van der Waals surface area (Å²) in [5, 5.41) is 1.34. The van der Waals surface area contributed by atoms with Gasteiger partial charge in [-0.3, -0.25) is 0 Å². The highest BCUT2D eigenvalue weighted by molar-refractivity contribution is 7.99. The summed E-state index contributed by atoms with van der Waals surface area (Å²) in [6.45, 7) is 0. The zero-order valence-corrected chi connectivity index (χ0v) is 29.3. The maximum atomic E-state index is 6.65. The minimum atomic E-state index is 0.481. The number of hydrogen-bond donors (Lipinski definition) is 0. The van der Waals surface area contributed by atoms with E-state index in [4.69, 9.17) is 4.74 Å². The van der Waals surface area contributed by atoms with Crippen molar-refractivity contribution < 1.29 is 4.74 Å². The van der Waals surface area contributed by atoms with E-state index in [-0.39, 0.29) is 0 Å². The summed E-state index contributed by atoms with van der Waals surface area (Å²) in [4.78, 5) is 8.30. The lowest BCUT2D eigenvalue weighted by molar-refractivity contribution is 0.455. The van der Waals surface area contributed by atoms with Gasteiger partial charge in [0.05, 0.1) is 9.79 Å². The molecule has 0 radical (unpaired) electrons. The van der Waals surface area contributed by atoms with Gasteiger partial charge in [-0.15, -0.1) is 11.3 Å². The molecule has 0 fully saturated rings. The number of nitrogens with zero attached hydrogens (tertiary/aromatic N) is 2. The van der Waals surface area contributed by atoms with Crippen LogP contribution < -0.4 is 14.5 Å². The first-order valence-electron chi connectivity index (χ1n) is 17.3. The predicted octanol–water partition coefficient (Wildman–Crippen LogP) is 13.8. The lowest BCUT2D eigenvalue weighted by Crippen LogP contribution is -2.11. The Morgan fingerprint density at radius 3 is 1.90 bits per heavy atom. The quantitative estimate of drug-likeness (QED) is 0.172. The van der Waals surface area contributed by atoms with E-state index < -0.39 is 0 Å². The number of allylic oxidation sites excluding steroid dienone is 5. The van der Waals surface area contributed by atoms with Gasteiger partial charge in [0.25, 0.3) is 0 Å². The van der Waals surface area contributed by atoms with Gasteiger partial charge in [-0.25, -0.2) is 0 Å². The van der Waals surface area contributed by atoms with E-state index in [9.17, 15) is 0 Å². The molecule has 1 aromatic heterocycles. The van der Waals surface area contributed by atoms with Crippen LogP contribution in [-0.2, 0) is 6.42 Å². The summed E-state index contributed by atoms with van der Waals surface area (Å²) in [6, 6.07) is 51.7. The first-order chi connectivity index (χ1) is 25.2. The van der Waals surface area contributed by atoms with Crippen LogP contribution in [0.4, 0.5) is 34.1 Å². The lowest BCUT2D eigenvalue weighted by atomic mass is 9.84. The molecule has 0 amide bonds. The van der Waals surface area contributed by atoms with E-state index >= 15 is 0 Å². The van der Waals surface area contributed by atoms with Gasteiger partial charge >= 0.3 is 0 Å². The Kier molecular flexibility index (Phi) is 7.40. The third kappa shape index (κ3) is 5.46. The van der Waals surface area contributed by atoms with Gasteiger partial charge in [0.1, 0.15) is 11.5 Å². The smallest absolute Gasteiger partial charge is 0.143 e. The molecule has 2 aliphatic carbocycles. The van der Waals surface area contributed by atoms with Gasteiger partial charge in [-0.05, 0) is 102 Å². The Morgan fingerprint density at radius 1 is 0.549 bits per heavy atom. The van der Waals surface area contributed by atoms with E-state index in [1.54, 1.807) is 11.8 Å². The van der Waals surface area contributed by atoms with Crippen molar-refractivity contribution in [2.24, 2.45) is 5.92 Å². The van der Waals surface area contributed by atoms with Gasteiger partial charge in [-0.1, -0.05) is 96.7 Å². The van der Waals surface area contributed by atoms with E-state index in [0.29, 0.717) is 5.92 Å². The van der Waals surface area contributed by atoms with Gasteiger partial charge in [0.15, 0.2) is 0 Å². The summed E-state index contributed by atoms with van der Waals surface area (Å²) in [5.41, 5.74) is 9.41. The Balaban J connectivity index is 1.00. The molecular weight excluding hydrogens is 661 g/mol. The number of hydrogen-bond acceptors (Lipinski definition) is 5. The SMILES string of the molecule is C1=CC2=Cc3c(sc4cc(N(c5ccccc5)c5ccc6c(c5)Sc5ccc(N(c7ccccc7)c7ccccc7)cc5O6)ccc34)CC2C=C1. The molecule has 244 valence electrons. The fourth-order valence-corrected chi connectivity index (χ4v) is 9.61. The average Bonchev–Trinajstić information content (AvgIpc) is 3.54. The second kappa shape index (κ2) is 12.5. The number of thiophene rings is 1. The molecule has 1 aliphatic heterocycles.